The Morgan fingerprint density at radius 3 is 2.65 bits per heavy atom. The molecule has 3 aromatic rings. The SMILES string of the molecule is CC(c1ccccc1)c1n[nH]c2nc(N3CCC(C)(CN)CC3)cnc12. The lowest BCUT2D eigenvalue weighted by Gasteiger charge is -2.39. The Kier molecular flexibility index (Phi) is 4.36. The van der Waals surface area contributed by atoms with Crippen LogP contribution in [0.2, 0.25) is 0 Å². The number of H-pyrrole nitrogens is 1. The third-order valence-corrected chi connectivity index (χ3v) is 5.78. The fourth-order valence-electron chi connectivity index (χ4n) is 3.64. The fraction of sp³-hybridized carbons (Fsp3) is 0.450. The monoisotopic (exact) mass is 350 g/mol. The molecule has 1 unspecified atom stereocenters. The number of nitrogens with two attached hydrogens (primary N) is 1. The summed E-state index contributed by atoms with van der Waals surface area (Å²) in [6, 6.07) is 10.4. The Morgan fingerprint density at radius 1 is 1.23 bits per heavy atom. The lowest BCUT2D eigenvalue weighted by atomic mass is 9.80. The number of nitrogens with one attached hydrogen (secondary N) is 1. The highest BCUT2D eigenvalue weighted by molar-refractivity contribution is 5.75. The molecular formula is C20H26N6. The first-order valence-corrected chi connectivity index (χ1v) is 9.31. The van der Waals surface area contributed by atoms with Crippen molar-refractivity contribution in [2.24, 2.45) is 11.1 Å². The van der Waals surface area contributed by atoms with Gasteiger partial charge in [-0.25, -0.2) is 9.97 Å². The Bertz CT molecular complexity index is 880. The molecular weight excluding hydrogens is 324 g/mol. The van der Waals surface area contributed by atoms with E-state index >= 15 is 0 Å². The number of hydrogen-bond acceptors (Lipinski definition) is 5. The van der Waals surface area contributed by atoms with Crippen LogP contribution in [0.3, 0.4) is 0 Å². The molecule has 0 aliphatic carbocycles. The number of benzene rings is 1. The van der Waals surface area contributed by atoms with Crippen molar-refractivity contribution in [1.82, 2.24) is 20.2 Å². The quantitative estimate of drug-likeness (QED) is 0.755. The van der Waals surface area contributed by atoms with Gasteiger partial charge >= 0.3 is 0 Å². The highest BCUT2D eigenvalue weighted by atomic mass is 15.2. The number of piperidine rings is 1. The molecule has 4 rings (SSSR count). The summed E-state index contributed by atoms with van der Waals surface area (Å²) < 4.78 is 0. The van der Waals surface area contributed by atoms with Crippen molar-refractivity contribution in [3.8, 4) is 0 Å². The predicted octanol–water partition coefficient (Wildman–Crippen LogP) is 3.07. The summed E-state index contributed by atoms with van der Waals surface area (Å²) in [5.74, 6) is 1.09. The topological polar surface area (TPSA) is 83.7 Å². The van der Waals surface area contributed by atoms with E-state index in [1.54, 1.807) is 0 Å². The van der Waals surface area contributed by atoms with Crippen LogP contribution in [0.15, 0.2) is 36.5 Å². The van der Waals surface area contributed by atoms with Crippen LogP contribution in [0.5, 0.6) is 0 Å². The zero-order valence-corrected chi connectivity index (χ0v) is 15.4. The predicted molar refractivity (Wildman–Crippen MR) is 104 cm³/mol. The Hall–Kier alpha value is -2.47. The van der Waals surface area contributed by atoms with Crippen molar-refractivity contribution in [3.05, 3.63) is 47.8 Å². The molecule has 3 N–H and O–H groups in total. The summed E-state index contributed by atoms with van der Waals surface area (Å²) in [6.07, 6.45) is 4.05. The second-order valence-electron chi connectivity index (χ2n) is 7.67. The molecule has 1 aliphatic heterocycles. The maximum Gasteiger partial charge on any atom is 0.176 e. The summed E-state index contributed by atoms with van der Waals surface area (Å²) in [5, 5.41) is 7.58. The van der Waals surface area contributed by atoms with Crippen molar-refractivity contribution in [3.63, 3.8) is 0 Å². The molecule has 0 amide bonds. The first-order chi connectivity index (χ1) is 12.6. The number of anilines is 1. The van der Waals surface area contributed by atoms with Gasteiger partial charge in [-0.05, 0) is 30.4 Å². The summed E-state index contributed by atoms with van der Waals surface area (Å²) in [6.45, 7) is 7.10. The van der Waals surface area contributed by atoms with Gasteiger partial charge in [0, 0.05) is 19.0 Å². The van der Waals surface area contributed by atoms with Crippen molar-refractivity contribution in [1.29, 1.82) is 0 Å². The van der Waals surface area contributed by atoms with Crippen LogP contribution in [-0.4, -0.2) is 39.8 Å². The molecule has 0 spiro atoms. The lowest BCUT2D eigenvalue weighted by molar-refractivity contribution is 0.258. The van der Waals surface area contributed by atoms with Crippen LogP contribution in [0.4, 0.5) is 5.82 Å². The summed E-state index contributed by atoms with van der Waals surface area (Å²) >= 11 is 0. The molecule has 1 atom stereocenters. The molecule has 0 radical (unpaired) electrons. The third kappa shape index (κ3) is 3.05. The molecule has 0 bridgehead atoms. The maximum absolute atomic E-state index is 5.92. The van der Waals surface area contributed by atoms with Crippen LogP contribution in [0, 0.1) is 5.41 Å². The van der Waals surface area contributed by atoms with Crippen LogP contribution in [-0.2, 0) is 0 Å². The molecule has 2 aromatic heterocycles. The smallest absolute Gasteiger partial charge is 0.176 e. The number of aromatic nitrogens is 4. The number of fused-ring (bicyclic) bond motifs is 1. The van der Waals surface area contributed by atoms with Gasteiger partial charge in [0.05, 0.1) is 11.9 Å². The summed E-state index contributed by atoms with van der Waals surface area (Å²) in [4.78, 5) is 11.8. The van der Waals surface area contributed by atoms with Gasteiger partial charge in [-0.2, -0.15) is 5.10 Å². The molecule has 0 saturated carbocycles. The zero-order chi connectivity index (χ0) is 18.1. The van der Waals surface area contributed by atoms with Crippen LogP contribution in [0.25, 0.3) is 11.2 Å². The van der Waals surface area contributed by atoms with Crippen LogP contribution >= 0.6 is 0 Å². The number of nitrogens with zero attached hydrogens (tertiary/aromatic N) is 4. The van der Waals surface area contributed by atoms with Gasteiger partial charge in [0.15, 0.2) is 5.65 Å². The number of aromatic amines is 1. The van der Waals surface area contributed by atoms with Crippen molar-refractivity contribution >= 4 is 17.0 Å². The van der Waals surface area contributed by atoms with E-state index in [1.165, 1.54) is 5.56 Å². The van der Waals surface area contributed by atoms with E-state index in [0.717, 1.165) is 55.2 Å². The van der Waals surface area contributed by atoms with Gasteiger partial charge < -0.3 is 10.6 Å². The first-order valence-electron chi connectivity index (χ1n) is 9.31. The minimum Gasteiger partial charge on any atom is -0.355 e. The maximum atomic E-state index is 5.92. The molecule has 136 valence electrons. The Labute approximate surface area is 153 Å². The van der Waals surface area contributed by atoms with E-state index in [2.05, 4.69) is 53.2 Å². The molecule has 1 saturated heterocycles. The molecule has 26 heavy (non-hydrogen) atoms. The van der Waals surface area contributed by atoms with E-state index in [1.807, 2.05) is 12.3 Å². The average Bonchev–Trinajstić information content (AvgIpc) is 3.12. The minimum atomic E-state index is 0.172. The normalized spacial score (nSPS) is 18.2. The fourth-order valence-corrected chi connectivity index (χ4v) is 3.64. The molecule has 1 fully saturated rings. The highest BCUT2D eigenvalue weighted by Crippen LogP contribution is 2.32. The average molecular weight is 350 g/mol. The highest BCUT2D eigenvalue weighted by Gasteiger charge is 2.29. The van der Waals surface area contributed by atoms with Crippen molar-refractivity contribution in [2.45, 2.75) is 32.6 Å². The van der Waals surface area contributed by atoms with Gasteiger partial charge in [-0.3, -0.25) is 5.10 Å². The molecule has 1 aromatic carbocycles. The van der Waals surface area contributed by atoms with E-state index < -0.39 is 0 Å². The van der Waals surface area contributed by atoms with Gasteiger partial charge in [0.25, 0.3) is 0 Å². The Morgan fingerprint density at radius 2 is 1.96 bits per heavy atom. The standard InChI is InChI=1S/C20H26N6/c1-14(15-6-4-3-5-7-15)17-18-19(25-24-17)23-16(12-22-18)26-10-8-20(2,13-21)9-11-26/h3-7,12,14H,8-11,13,21H2,1-2H3,(H,23,24,25). The summed E-state index contributed by atoms with van der Waals surface area (Å²) in [5.41, 5.74) is 9.95. The second-order valence-corrected chi connectivity index (χ2v) is 7.67. The number of rotatable bonds is 4. The van der Waals surface area contributed by atoms with Gasteiger partial charge in [-0.1, -0.05) is 44.2 Å². The van der Waals surface area contributed by atoms with Crippen LogP contribution in [0.1, 0.15) is 43.9 Å². The summed E-state index contributed by atoms with van der Waals surface area (Å²) in [7, 11) is 0. The van der Waals surface area contributed by atoms with E-state index in [4.69, 9.17) is 15.7 Å². The van der Waals surface area contributed by atoms with Gasteiger partial charge in [0.2, 0.25) is 0 Å². The van der Waals surface area contributed by atoms with E-state index in [-0.39, 0.29) is 11.3 Å². The lowest BCUT2D eigenvalue weighted by Crippen LogP contribution is -2.42. The van der Waals surface area contributed by atoms with E-state index in [0.29, 0.717) is 0 Å². The largest absolute Gasteiger partial charge is 0.355 e. The number of hydrogen-bond donors (Lipinski definition) is 2. The van der Waals surface area contributed by atoms with Gasteiger partial charge in [-0.15, -0.1) is 0 Å². The molecule has 6 nitrogen and oxygen atoms in total. The van der Waals surface area contributed by atoms with E-state index in [9.17, 15) is 0 Å². The van der Waals surface area contributed by atoms with Crippen LogP contribution < -0.4 is 10.6 Å². The minimum absolute atomic E-state index is 0.172. The second kappa shape index (κ2) is 6.68. The Balaban J connectivity index is 1.58. The zero-order valence-electron chi connectivity index (χ0n) is 15.4. The van der Waals surface area contributed by atoms with Gasteiger partial charge in [0.1, 0.15) is 11.3 Å². The van der Waals surface area contributed by atoms with Crippen molar-refractivity contribution < 1.29 is 0 Å². The molecule has 1 aliphatic rings. The molecule has 6 heteroatoms. The van der Waals surface area contributed by atoms with Crippen molar-refractivity contribution in [2.75, 3.05) is 24.5 Å². The first kappa shape index (κ1) is 17.0. The third-order valence-electron chi connectivity index (χ3n) is 5.78. The molecule has 3 heterocycles.